The Morgan fingerprint density at radius 1 is 1.33 bits per heavy atom. The fourth-order valence-corrected chi connectivity index (χ4v) is 4.94. The lowest BCUT2D eigenvalue weighted by molar-refractivity contribution is -0.0866. The van der Waals surface area contributed by atoms with Gasteiger partial charge in [0, 0.05) is 13.0 Å². The number of ether oxygens (including phenoxy) is 3. The Hall–Kier alpha value is -0.380. The van der Waals surface area contributed by atoms with Gasteiger partial charge in [0.15, 0.2) is 0 Å². The number of allylic oxidation sites excluding steroid dienone is 1. The first kappa shape index (κ1) is 19.9. The van der Waals surface area contributed by atoms with Gasteiger partial charge >= 0.3 is 0 Å². The van der Waals surface area contributed by atoms with Crippen LogP contribution >= 0.6 is 0 Å². The van der Waals surface area contributed by atoms with E-state index in [0.717, 1.165) is 13.0 Å². The van der Waals surface area contributed by atoms with Gasteiger partial charge in [-0.25, -0.2) is 0 Å². The van der Waals surface area contributed by atoms with Crippen LogP contribution in [0.5, 0.6) is 0 Å². The van der Waals surface area contributed by atoms with Gasteiger partial charge < -0.3 is 14.2 Å². The van der Waals surface area contributed by atoms with Gasteiger partial charge in [-0.2, -0.15) is 0 Å². The zero-order valence-corrected chi connectivity index (χ0v) is 15.7. The Kier molecular flexibility index (Phi) is 5.89. The highest BCUT2D eigenvalue weighted by Gasteiger charge is 2.71. The van der Waals surface area contributed by atoms with Crippen LogP contribution in [0.4, 0.5) is 0 Å². The molecule has 2 heterocycles. The predicted octanol–water partition coefficient (Wildman–Crippen LogP) is 4.99. The van der Waals surface area contributed by atoms with Crippen LogP contribution in [-0.2, 0) is 14.2 Å². The van der Waals surface area contributed by atoms with Gasteiger partial charge in [0.1, 0.15) is 5.60 Å². The van der Waals surface area contributed by atoms with E-state index in [2.05, 4.69) is 40.7 Å². The van der Waals surface area contributed by atoms with Crippen LogP contribution in [-0.4, -0.2) is 37.1 Å². The smallest absolute Gasteiger partial charge is 0.100 e. The highest BCUT2D eigenvalue weighted by atomic mass is 16.6. The molecule has 0 aromatic carbocycles. The first-order chi connectivity index (χ1) is 10.8. The molecule has 0 N–H and O–H groups in total. The predicted molar refractivity (Wildman–Crippen MR) is 99.2 cm³/mol. The van der Waals surface area contributed by atoms with Crippen LogP contribution in [0, 0.1) is 17.8 Å². The summed E-state index contributed by atoms with van der Waals surface area (Å²) in [6.45, 7) is 12.1. The van der Waals surface area contributed by atoms with Crippen LogP contribution in [0.3, 0.4) is 0 Å². The van der Waals surface area contributed by atoms with Crippen molar-refractivity contribution < 1.29 is 14.2 Å². The van der Waals surface area contributed by atoms with Crippen molar-refractivity contribution in [1.82, 2.24) is 0 Å². The van der Waals surface area contributed by atoms with E-state index >= 15 is 0 Å². The lowest BCUT2D eigenvalue weighted by Gasteiger charge is -2.44. The molecule has 3 nitrogen and oxygen atoms in total. The first-order valence-electron chi connectivity index (χ1n) is 9.30. The van der Waals surface area contributed by atoms with Crippen molar-refractivity contribution in [2.75, 3.05) is 13.7 Å². The average molecular weight is 339 g/mol. The van der Waals surface area contributed by atoms with Crippen molar-refractivity contribution in [3.05, 3.63) is 11.6 Å². The minimum absolute atomic E-state index is 0. The van der Waals surface area contributed by atoms with Gasteiger partial charge in [-0.1, -0.05) is 32.9 Å². The Bertz CT molecular complexity index is 462. The molecule has 0 bridgehead atoms. The van der Waals surface area contributed by atoms with E-state index in [1.807, 2.05) is 7.11 Å². The molecule has 1 saturated carbocycles. The molecule has 3 heteroatoms. The molecule has 2 saturated heterocycles. The maximum atomic E-state index is 6.25. The van der Waals surface area contributed by atoms with Gasteiger partial charge in [-0.3, -0.25) is 0 Å². The molecule has 24 heavy (non-hydrogen) atoms. The third-order valence-corrected chi connectivity index (χ3v) is 6.20. The van der Waals surface area contributed by atoms with Crippen molar-refractivity contribution in [3.8, 4) is 0 Å². The molecule has 1 aliphatic carbocycles. The summed E-state index contributed by atoms with van der Waals surface area (Å²) in [5.41, 5.74) is 1.31. The third-order valence-electron chi connectivity index (χ3n) is 6.20. The normalized spacial score (nSPS) is 43.5. The van der Waals surface area contributed by atoms with Crippen LogP contribution in [0.1, 0.15) is 67.7 Å². The standard InChI is InChI=1S/C20H34O3.CH4/c1-13(2)7-8-16-19(5,23-16)18-17(21-6)15(11-14(3)4)9-10-20(18)12-22-20;/h7,14-18H,8-12H2,1-6H3;1H4/t15?,16-,17?,18?,19-,20+;/m1./s1. The minimum atomic E-state index is -0.0845. The Morgan fingerprint density at radius 2 is 2.00 bits per heavy atom. The molecule has 0 amide bonds. The third kappa shape index (κ3) is 3.59. The molecule has 3 rings (SSSR count). The van der Waals surface area contributed by atoms with Crippen LogP contribution in [0.25, 0.3) is 0 Å². The van der Waals surface area contributed by atoms with E-state index < -0.39 is 0 Å². The molecule has 3 fully saturated rings. The molecule has 0 radical (unpaired) electrons. The molecular weight excluding hydrogens is 300 g/mol. The first-order valence-corrected chi connectivity index (χ1v) is 9.30. The lowest BCUT2D eigenvalue weighted by Crippen LogP contribution is -2.52. The minimum Gasteiger partial charge on any atom is -0.381 e. The van der Waals surface area contributed by atoms with Gasteiger partial charge in [0.25, 0.3) is 0 Å². The molecule has 0 aromatic heterocycles. The second-order valence-corrected chi connectivity index (χ2v) is 8.77. The van der Waals surface area contributed by atoms with Crippen LogP contribution in [0.15, 0.2) is 11.6 Å². The van der Waals surface area contributed by atoms with Crippen molar-refractivity contribution in [2.24, 2.45) is 17.8 Å². The van der Waals surface area contributed by atoms with E-state index in [4.69, 9.17) is 14.2 Å². The summed E-state index contributed by atoms with van der Waals surface area (Å²) >= 11 is 0. The van der Waals surface area contributed by atoms with Crippen LogP contribution in [0.2, 0.25) is 0 Å². The molecule has 3 unspecified atom stereocenters. The SMILES string of the molecule is C.COC1C(CC(C)C)CC[C@]2(CO2)C1[C@]1(C)O[C@@H]1CC=C(C)C. The summed E-state index contributed by atoms with van der Waals surface area (Å²) in [7, 11) is 1.88. The average Bonchev–Trinajstić information content (AvgIpc) is 3.37. The van der Waals surface area contributed by atoms with E-state index in [9.17, 15) is 0 Å². The van der Waals surface area contributed by atoms with Gasteiger partial charge in [-0.15, -0.1) is 0 Å². The monoisotopic (exact) mass is 338 g/mol. The van der Waals surface area contributed by atoms with E-state index in [1.54, 1.807) is 0 Å². The number of hydrogen-bond acceptors (Lipinski definition) is 3. The van der Waals surface area contributed by atoms with Crippen molar-refractivity contribution in [2.45, 2.75) is 91.1 Å². The second-order valence-electron chi connectivity index (χ2n) is 8.77. The van der Waals surface area contributed by atoms with E-state index in [1.165, 1.54) is 24.8 Å². The highest BCUT2D eigenvalue weighted by Crippen LogP contribution is 2.60. The van der Waals surface area contributed by atoms with E-state index in [0.29, 0.717) is 23.9 Å². The number of methoxy groups -OCH3 is 1. The molecule has 2 aliphatic heterocycles. The number of epoxide rings is 2. The quantitative estimate of drug-likeness (QED) is 0.505. The number of rotatable bonds is 6. The molecule has 140 valence electrons. The van der Waals surface area contributed by atoms with Crippen LogP contribution < -0.4 is 0 Å². The summed E-state index contributed by atoms with van der Waals surface area (Å²) in [6, 6.07) is 0. The summed E-state index contributed by atoms with van der Waals surface area (Å²) in [6.07, 6.45) is 7.52. The summed E-state index contributed by atoms with van der Waals surface area (Å²) < 4.78 is 18.3. The molecule has 1 spiro atoms. The van der Waals surface area contributed by atoms with Crippen molar-refractivity contribution in [1.29, 1.82) is 0 Å². The summed E-state index contributed by atoms with van der Waals surface area (Å²) in [5, 5.41) is 0. The zero-order valence-electron chi connectivity index (χ0n) is 15.7. The van der Waals surface area contributed by atoms with Crippen molar-refractivity contribution >= 4 is 0 Å². The Balaban J connectivity index is 0.00000208. The molecule has 3 aliphatic rings. The molecule has 6 atom stereocenters. The number of hydrogen-bond donors (Lipinski definition) is 0. The maximum absolute atomic E-state index is 6.25. The Labute approximate surface area is 149 Å². The van der Waals surface area contributed by atoms with Crippen molar-refractivity contribution in [3.63, 3.8) is 0 Å². The fourth-order valence-electron chi connectivity index (χ4n) is 4.94. The lowest BCUT2D eigenvalue weighted by atomic mass is 9.64. The largest absolute Gasteiger partial charge is 0.381 e. The zero-order chi connectivity index (χ0) is 16.8. The van der Waals surface area contributed by atoms with E-state index in [-0.39, 0.29) is 24.7 Å². The fraction of sp³-hybridized carbons (Fsp3) is 0.905. The molecule has 0 aromatic rings. The van der Waals surface area contributed by atoms with Gasteiger partial charge in [0.05, 0.1) is 24.4 Å². The topological polar surface area (TPSA) is 34.3 Å². The Morgan fingerprint density at radius 3 is 2.50 bits per heavy atom. The summed E-state index contributed by atoms with van der Waals surface area (Å²) in [4.78, 5) is 0. The molecular formula is C21H38O3. The maximum Gasteiger partial charge on any atom is 0.100 e. The summed E-state index contributed by atoms with van der Waals surface area (Å²) in [5.74, 6) is 1.71. The highest BCUT2D eigenvalue weighted by molar-refractivity contribution is 5.20. The second kappa shape index (κ2) is 7.09. The van der Waals surface area contributed by atoms with Gasteiger partial charge in [0.2, 0.25) is 0 Å². The van der Waals surface area contributed by atoms with Gasteiger partial charge in [-0.05, 0) is 58.3 Å².